The van der Waals surface area contributed by atoms with E-state index in [1.807, 2.05) is 31.2 Å². The highest BCUT2D eigenvalue weighted by atomic mass is 35.5. The molecule has 0 unspecified atom stereocenters. The third kappa shape index (κ3) is 2.17. The van der Waals surface area contributed by atoms with Crippen molar-refractivity contribution in [2.24, 2.45) is 0 Å². The van der Waals surface area contributed by atoms with Gasteiger partial charge in [-0.3, -0.25) is 4.79 Å². The minimum Gasteiger partial charge on any atom is -0.355 e. The van der Waals surface area contributed by atoms with Crippen molar-refractivity contribution in [3.8, 4) is 5.69 Å². The summed E-state index contributed by atoms with van der Waals surface area (Å²) in [5.41, 5.74) is 2.36. The number of nitrogens with zero attached hydrogens (tertiary/aromatic N) is 2. The summed E-state index contributed by atoms with van der Waals surface area (Å²) < 4.78 is 1.53. The summed E-state index contributed by atoms with van der Waals surface area (Å²) >= 11 is 6.11. The molecule has 1 aromatic heterocycles. The summed E-state index contributed by atoms with van der Waals surface area (Å²) in [5.74, 6) is -0.242. The second-order valence-electron chi connectivity index (χ2n) is 3.68. The zero-order valence-corrected chi connectivity index (χ0v) is 10.3. The number of amides is 1. The van der Waals surface area contributed by atoms with Gasteiger partial charge in [0.25, 0.3) is 5.91 Å². The van der Waals surface area contributed by atoms with Crippen LogP contribution in [-0.4, -0.2) is 22.7 Å². The Kier molecular flexibility index (Phi) is 3.15. The van der Waals surface area contributed by atoms with E-state index in [1.54, 1.807) is 7.05 Å². The van der Waals surface area contributed by atoms with E-state index in [0.29, 0.717) is 10.7 Å². The molecule has 17 heavy (non-hydrogen) atoms. The topological polar surface area (TPSA) is 46.9 Å². The van der Waals surface area contributed by atoms with Gasteiger partial charge in [0.1, 0.15) is 5.15 Å². The Morgan fingerprint density at radius 1 is 1.35 bits per heavy atom. The average molecular weight is 250 g/mol. The Balaban J connectivity index is 2.44. The molecule has 0 aliphatic rings. The molecule has 0 aliphatic carbocycles. The number of nitrogens with one attached hydrogen (secondary N) is 1. The lowest BCUT2D eigenvalue weighted by Gasteiger charge is -2.03. The minimum absolute atomic E-state index is 0.242. The van der Waals surface area contributed by atoms with Gasteiger partial charge in [0.15, 0.2) is 0 Å². The third-order valence-electron chi connectivity index (χ3n) is 2.46. The summed E-state index contributed by atoms with van der Waals surface area (Å²) in [7, 11) is 1.56. The van der Waals surface area contributed by atoms with Crippen LogP contribution >= 0.6 is 11.6 Å². The first-order valence-electron chi connectivity index (χ1n) is 5.16. The fraction of sp³-hybridized carbons (Fsp3) is 0.167. The molecule has 0 bridgehead atoms. The highest BCUT2D eigenvalue weighted by molar-refractivity contribution is 6.33. The zero-order valence-electron chi connectivity index (χ0n) is 9.57. The summed E-state index contributed by atoms with van der Waals surface area (Å²) in [6, 6.07) is 7.74. The lowest BCUT2D eigenvalue weighted by Crippen LogP contribution is -2.17. The highest BCUT2D eigenvalue weighted by Crippen LogP contribution is 2.20. The average Bonchev–Trinajstić information content (AvgIpc) is 2.71. The number of halogens is 1. The Morgan fingerprint density at radius 2 is 2.00 bits per heavy atom. The Morgan fingerprint density at radius 3 is 2.59 bits per heavy atom. The van der Waals surface area contributed by atoms with Crippen molar-refractivity contribution in [3.05, 3.63) is 46.7 Å². The van der Waals surface area contributed by atoms with E-state index in [9.17, 15) is 4.79 Å². The summed E-state index contributed by atoms with van der Waals surface area (Å²) in [6.07, 6.45) is 1.46. The van der Waals surface area contributed by atoms with Gasteiger partial charge in [-0.2, -0.15) is 5.10 Å². The summed E-state index contributed by atoms with van der Waals surface area (Å²) in [6.45, 7) is 2.00. The van der Waals surface area contributed by atoms with Crippen LogP contribution in [0, 0.1) is 6.92 Å². The number of hydrogen-bond acceptors (Lipinski definition) is 2. The van der Waals surface area contributed by atoms with Crippen molar-refractivity contribution in [1.29, 1.82) is 0 Å². The van der Waals surface area contributed by atoms with Crippen LogP contribution in [0.3, 0.4) is 0 Å². The van der Waals surface area contributed by atoms with E-state index in [0.717, 1.165) is 11.3 Å². The lowest BCUT2D eigenvalue weighted by atomic mass is 10.2. The molecule has 0 atom stereocenters. The fourth-order valence-electron chi connectivity index (χ4n) is 1.49. The smallest absolute Gasteiger partial charge is 0.255 e. The third-order valence-corrected chi connectivity index (χ3v) is 2.82. The van der Waals surface area contributed by atoms with Crippen LogP contribution in [-0.2, 0) is 0 Å². The van der Waals surface area contributed by atoms with E-state index in [-0.39, 0.29) is 5.91 Å². The largest absolute Gasteiger partial charge is 0.355 e. The van der Waals surface area contributed by atoms with E-state index < -0.39 is 0 Å². The molecule has 0 saturated carbocycles. The van der Waals surface area contributed by atoms with Crippen molar-refractivity contribution in [2.45, 2.75) is 6.92 Å². The van der Waals surface area contributed by atoms with Crippen LogP contribution in [0.5, 0.6) is 0 Å². The van der Waals surface area contributed by atoms with Gasteiger partial charge in [-0.1, -0.05) is 29.3 Å². The molecule has 0 fully saturated rings. The van der Waals surface area contributed by atoms with Gasteiger partial charge in [-0.25, -0.2) is 4.68 Å². The number of aromatic nitrogens is 2. The maximum absolute atomic E-state index is 11.5. The molecule has 0 saturated heterocycles. The molecule has 1 N–H and O–H groups in total. The molecule has 1 heterocycles. The second-order valence-corrected chi connectivity index (χ2v) is 4.03. The van der Waals surface area contributed by atoms with Crippen molar-refractivity contribution < 1.29 is 4.79 Å². The van der Waals surface area contributed by atoms with E-state index >= 15 is 0 Å². The fourth-order valence-corrected chi connectivity index (χ4v) is 1.76. The van der Waals surface area contributed by atoms with Crippen molar-refractivity contribution in [2.75, 3.05) is 7.05 Å². The molecule has 5 heteroatoms. The van der Waals surface area contributed by atoms with Gasteiger partial charge >= 0.3 is 0 Å². The first-order valence-corrected chi connectivity index (χ1v) is 5.54. The molecule has 2 rings (SSSR count). The van der Waals surface area contributed by atoms with Crippen LogP contribution in [0.15, 0.2) is 30.5 Å². The normalized spacial score (nSPS) is 10.3. The number of aryl methyl sites for hydroxylation is 1. The van der Waals surface area contributed by atoms with E-state index in [2.05, 4.69) is 10.4 Å². The molecular formula is C12H12ClN3O. The van der Waals surface area contributed by atoms with Crippen molar-refractivity contribution in [1.82, 2.24) is 15.1 Å². The van der Waals surface area contributed by atoms with Crippen LogP contribution in [0.4, 0.5) is 0 Å². The molecule has 0 aliphatic heterocycles. The van der Waals surface area contributed by atoms with Gasteiger partial charge < -0.3 is 5.32 Å². The van der Waals surface area contributed by atoms with Gasteiger partial charge in [0.2, 0.25) is 0 Å². The molecule has 0 spiro atoms. The van der Waals surface area contributed by atoms with E-state index in [1.165, 1.54) is 10.9 Å². The monoisotopic (exact) mass is 249 g/mol. The Hall–Kier alpha value is -1.81. The quantitative estimate of drug-likeness (QED) is 0.887. The maximum atomic E-state index is 11.5. The van der Waals surface area contributed by atoms with Crippen LogP contribution in [0.1, 0.15) is 15.9 Å². The molecule has 1 aromatic carbocycles. The number of benzene rings is 1. The van der Waals surface area contributed by atoms with Gasteiger partial charge in [-0.05, 0) is 19.1 Å². The SMILES string of the molecule is CNC(=O)c1cnn(-c2ccc(C)cc2)c1Cl. The van der Waals surface area contributed by atoms with E-state index in [4.69, 9.17) is 11.6 Å². The maximum Gasteiger partial charge on any atom is 0.255 e. The van der Waals surface area contributed by atoms with Crippen LogP contribution in [0.2, 0.25) is 5.15 Å². The van der Waals surface area contributed by atoms with Gasteiger partial charge in [0, 0.05) is 7.05 Å². The van der Waals surface area contributed by atoms with Crippen LogP contribution < -0.4 is 5.32 Å². The molecule has 1 amide bonds. The van der Waals surface area contributed by atoms with Crippen LogP contribution in [0.25, 0.3) is 5.69 Å². The van der Waals surface area contributed by atoms with Crippen molar-refractivity contribution in [3.63, 3.8) is 0 Å². The number of hydrogen-bond donors (Lipinski definition) is 1. The highest BCUT2D eigenvalue weighted by Gasteiger charge is 2.15. The molecule has 88 valence electrons. The minimum atomic E-state index is -0.242. The first kappa shape index (κ1) is 11.7. The summed E-state index contributed by atoms with van der Waals surface area (Å²) in [5, 5.41) is 6.94. The predicted molar refractivity (Wildman–Crippen MR) is 66.7 cm³/mol. The zero-order chi connectivity index (χ0) is 12.4. The predicted octanol–water partition coefficient (Wildman–Crippen LogP) is 2.19. The van der Waals surface area contributed by atoms with Crippen molar-refractivity contribution >= 4 is 17.5 Å². The number of rotatable bonds is 2. The first-order chi connectivity index (χ1) is 8.13. The number of carbonyl (C=O) groups is 1. The molecule has 2 aromatic rings. The molecule has 0 radical (unpaired) electrons. The Bertz CT molecular complexity index is 545. The lowest BCUT2D eigenvalue weighted by molar-refractivity contribution is 0.0963. The number of carbonyl (C=O) groups excluding carboxylic acids is 1. The van der Waals surface area contributed by atoms with Gasteiger partial charge in [-0.15, -0.1) is 0 Å². The summed E-state index contributed by atoms with van der Waals surface area (Å²) in [4.78, 5) is 11.5. The Labute approximate surface area is 104 Å². The second kappa shape index (κ2) is 4.59. The molecular weight excluding hydrogens is 238 g/mol. The standard InChI is InChI=1S/C12H12ClN3O/c1-8-3-5-9(6-4-8)16-11(13)10(7-15-16)12(17)14-2/h3-7H,1-2H3,(H,14,17). The van der Waals surface area contributed by atoms with Gasteiger partial charge in [0.05, 0.1) is 17.4 Å². The molecule has 4 nitrogen and oxygen atoms in total.